The lowest BCUT2D eigenvalue weighted by molar-refractivity contribution is -0.119. The Morgan fingerprint density at radius 3 is 2.94 bits per heavy atom. The van der Waals surface area contributed by atoms with E-state index in [1.165, 1.54) is 0 Å². The van der Waals surface area contributed by atoms with Gasteiger partial charge >= 0.3 is 0 Å². The standard InChI is InChI=1S/C14H19ClN2O/c1-10-4-5-12(9-13(10)15)17-7-3-6-16-11(2)8-14(17)18/h4-5,9,11,16H,3,6-8H2,1-2H3. The van der Waals surface area contributed by atoms with Crippen LogP contribution in [0.3, 0.4) is 0 Å². The van der Waals surface area contributed by atoms with Gasteiger partial charge in [-0.2, -0.15) is 0 Å². The first-order valence-electron chi connectivity index (χ1n) is 6.38. The zero-order valence-electron chi connectivity index (χ0n) is 10.9. The van der Waals surface area contributed by atoms with E-state index in [9.17, 15) is 4.79 Å². The molecule has 1 N–H and O–H groups in total. The Kier molecular flexibility index (Phi) is 4.25. The van der Waals surface area contributed by atoms with E-state index < -0.39 is 0 Å². The molecule has 0 spiro atoms. The molecule has 0 aromatic heterocycles. The lowest BCUT2D eigenvalue weighted by atomic mass is 10.1. The van der Waals surface area contributed by atoms with Crippen LogP contribution in [0.25, 0.3) is 0 Å². The highest BCUT2D eigenvalue weighted by molar-refractivity contribution is 6.31. The number of amides is 1. The molecule has 0 saturated carbocycles. The molecule has 1 atom stereocenters. The number of rotatable bonds is 1. The number of carbonyl (C=O) groups is 1. The third kappa shape index (κ3) is 3.03. The highest BCUT2D eigenvalue weighted by Gasteiger charge is 2.20. The quantitative estimate of drug-likeness (QED) is 0.848. The van der Waals surface area contributed by atoms with E-state index in [0.717, 1.165) is 30.8 Å². The summed E-state index contributed by atoms with van der Waals surface area (Å²) >= 11 is 6.13. The van der Waals surface area contributed by atoms with Crippen molar-refractivity contribution in [3.05, 3.63) is 28.8 Å². The smallest absolute Gasteiger partial charge is 0.228 e. The molecule has 18 heavy (non-hydrogen) atoms. The zero-order valence-corrected chi connectivity index (χ0v) is 11.6. The first kappa shape index (κ1) is 13.4. The van der Waals surface area contributed by atoms with E-state index in [0.29, 0.717) is 11.4 Å². The second-order valence-electron chi connectivity index (χ2n) is 4.89. The van der Waals surface area contributed by atoms with Crippen LogP contribution in [0.2, 0.25) is 5.02 Å². The second-order valence-corrected chi connectivity index (χ2v) is 5.30. The highest BCUT2D eigenvalue weighted by atomic mass is 35.5. The fourth-order valence-corrected chi connectivity index (χ4v) is 2.35. The van der Waals surface area contributed by atoms with Crippen LogP contribution < -0.4 is 10.2 Å². The molecule has 1 amide bonds. The summed E-state index contributed by atoms with van der Waals surface area (Å²) in [6.45, 7) is 5.71. The molecule has 98 valence electrons. The van der Waals surface area contributed by atoms with Crippen molar-refractivity contribution in [1.82, 2.24) is 5.32 Å². The number of carbonyl (C=O) groups excluding carboxylic acids is 1. The monoisotopic (exact) mass is 266 g/mol. The Labute approximate surface area is 113 Å². The Morgan fingerprint density at radius 1 is 1.44 bits per heavy atom. The van der Waals surface area contributed by atoms with Gasteiger partial charge in [0.05, 0.1) is 0 Å². The van der Waals surface area contributed by atoms with Gasteiger partial charge in [0.25, 0.3) is 0 Å². The Bertz CT molecular complexity index is 447. The Morgan fingerprint density at radius 2 is 2.22 bits per heavy atom. The third-order valence-electron chi connectivity index (χ3n) is 3.30. The van der Waals surface area contributed by atoms with Crippen molar-refractivity contribution in [3.8, 4) is 0 Å². The number of halogens is 1. The number of benzene rings is 1. The first-order valence-corrected chi connectivity index (χ1v) is 6.75. The highest BCUT2D eigenvalue weighted by Crippen LogP contribution is 2.24. The van der Waals surface area contributed by atoms with Crippen LogP contribution in [0.1, 0.15) is 25.3 Å². The molecule has 1 saturated heterocycles. The predicted octanol–water partition coefficient (Wildman–Crippen LogP) is 2.75. The minimum absolute atomic E-state index is 0.162. The number of aryl methyl sites for hydroxylation is 1. The summed E-state index contributed by atoms with van der Waals surface area (Å²) in [6, 6.07) is 6.06. The zero-order chi connectivity index (χ0) is 13.1. The van der Waals surface area contributed by atoms with Gasteiger partial charge in [-0.05, 0) is 44.5 Å². The van der Waals surface area contributed by atoms with E-state index >= 15 is 0 Å². The summed E-state index contributed by atoms with van der Waals surface area (Å²) < 4.78 is 0. The van der Waals surface area contributed by atoms with Crippen LogP contribution in [0, 0.1) is 6.92 Å². The molecule has 2 rings (SSSR count). The molecular formula is C14H19ClN2O. The van der Waals surface area contributed by atoms with E-state index in [4.69, 9.17) is 11.6 Å². The molecule has 4 heteroatoms. The topological polar surface area (TPSA) is 32.3 Å². The van der Waals surface area contributed by atoms with E-state index in [-0.39, 0.29) is 11.9 Å². The van der Waals surface area contributed by atoms with Gasteiger partial charge in [-0.25, -0.2) is 0 Å². The van der Waals surface area contributed by atoms with Crippen LogP contribution in [0.15, 0.2) is 18.2 Å². The summed E-state index contributed by atoms with van der Waals surface area (Å²) in [5.74, 6) is 0.162. The second kappa shape index (κ2) is 5.72. The molecule has 0 radical (unpaired) electrons. The van der Waals surface area contributed by atoms with Crippen molar-refractivity contribution in [2.24, 2.45) is 0 Å². The average molecular weight is 267 g/mol. The molecule has 1 aliphatic rings. The average Bonchev–Trinajstić information content (AvgIpc) is 2.31. The molecule has 1 fully saturated rings. The minimum atomic E-state index is 0.162. The van der Waals surface area contributed by atoms with Gasteiger partial charge in [-0.15, -0.1) is 0 Å². The van der Waals surface area contributed by atoms with Crippen molar-refractivity contribution >= 4 is 23.2 Å². The fraction of sp³-hybridized carbons (Fsp3) is 0.500. The molecule has 1 heterocycles. The lowest BCUT2D eigenvalue weighted by Crippen LogP contribution is -2.42. The van der Waals surface area contributed by atoms with E-state index in [2.05, 4.69) is 5.32 Å². The van der Waals surface area contributed by atoms with Crippen molar-refractivity contribution < 1.29 is 4.79 Å². The van der Waals surface area contributed by atoms with Gasteiger partial charge in [-0.1, -0.05) is 17.7 Å². The molecule has 3 nitrogen and oxygen atoms in total. The van der Waals surface area contributed by atoms with Crippen LogP contribution in [0.5, 0.6) is 0 Å². The maximum atomic E-state index is 12.2. The summed E-state index contributed by atoms with van der Waals surface area (Å²) in [5.41, 5.74) is 1.94. The molecule has 1 aromatic rings. The van der Waals surface area contributed by atoms with Gasteiger partial charge in [0.15, 0.2) is 0 Å². The van der Waals surface area contributed by atoms with E-state index in [1.807, 2.05) is 36.9 Å². The van der Waals surface area contributed by atoms with Crippen molar-refractivity contribution in [3.63, 3.8) is 0 Å². The lowest BCUT2D eigenvalue weighted by Gasteiger charge is -2.28. The summed E-state index contributed by atoms with van der Waals surface area (Å²) in [5, 5.41) is 4.05. The normalized spacial score (nSPS) is 21.6. The third-order valence-corrected chi connectivity index (χ3v) is 3.71. The number of nitrogens with one attached hydrogen (secondary N) is 1. The van der Waals surface area contributed by atoms with Gasteiger partial charge in [0, 0.05) is 29.7 Å². The van der Waals surface area contributed by atoms with Gasteiger partial charge in [0.2, 0.25) is 5.91 Å². The van der Waals surface area contributed by atoms with Crippen molar-refractivity contribution in [2.45, 2.75) is 32.7 Å². The number of hydrogen-bond acceptors (Lipinski definition) is 2. The summed E-state index contributed by atoms with van der Waals surface area (Å²) in [4.78, 5) is 14.1. The van der Waals surface area contributed by atoms with Crippen molar-refractivity contribution in [1.29, 1.82) is 0 Å². The van der Waals surface area contributed by atoms with Crippen LogP contribution in [0.4, 0.5) is 5.69 Å². The van der Waals surface area contributed by atoms with Gasteiger partial charge in [-0.3, -0.25) is 4.79 Å². The van der Waals surface area contributed by atoms with E-state index in [1.54, 1.807) is 0 Å². The number of hydrogen-bond donors (Lipinski definition) is 1. The maximum absolute atomic E-state index is 12.2. The predicted molar refractivity (Wildman–Crippen MR) is 75.2 cm³/mol. The molecule has 1 aromatic carbocycles. The van der Waals surface area contributed by atoms with Crippen LogP contribution in [-0.4, -0.2) is 25.0 Å². The molecule has 0 bridgehead atoms. The maximum Gasteiger partial charge on any atom is 0.228 e. The fourth-order valence-electron chi connectivity index (χ4n) is 2.18. The summed E-state index contributed by atoms with van der Waals surface area (Å²) in [6.07, 6.45) is 1.49. The minimum Gasteiger partial charge on any atom is -0.314 e. The molecule has 1 unspecified atom stereocenters. The largest absolute Gasteiger partial charge is 0.314 e. The Hall–Kier alpha value is -1.06. The Balaban J connectivity index is 2.23. The summed E-state index contributed by atoms with van der Waals surface area (Å²) in [7, 11) is 0. The molecule has 0 aliphatic carbocycles. The van der Waals surface area contributed by atoms with Crippen LogP contribution >= 0.6 is 11.6 Å². The first-order chi connectivity index (χ1) is 8.58. The van der Waals surface area contributed by atoms with Crippen molar-refractivity contribution in [2.75, 3.05) is 18.0 Å². The molecular weight excluding hydrogens is 248 g/mol. The SMILES string of the molecule is Cc1ccc(N2CCCNC(C)CC2=O)cc1Cl. The van der Waals surface area contributed by atoms with Crippen LogP contribution in [-0.2, 0) is 4.79 Å². The number of anilines is 1. The van der Waals surface area contributed by atoms with Gasteiger partial charge in [0.1, 0.15) is 0 Å². The van der Waals surface area contributed by atoms with Gasteiger partial charge < -0.3 is 10.2 Å². The number of nitrogens with zero attached hydrogens (tertiary/aromatic N) is 1. The molecule has 1 aliphatic heterocycles.